The molecule has 20 heavy (non-hydrogen) atoms. The second-order valence-corrected chi connectivity index (χ2v) is 4.28. The predicted molar refractivity (Wildman–Crippen MR) is 80.1 cm³/mol. The van der Waals surface area contributed by atoms with Gasteiger partial charge in [-0.25, -0.2) is 4.79 Å². The monoisotopic (exact) mass is 276 g/mol. The molecule has 0 amide bonds. The third kappa shape index (κ3) is 3.56. The van der Waals surface area contributed by atoms with Crippen LogP contribution in [-0.2, 0) is 6.42 Å². The first-order valence-corrected chi connectivity index (χ1v) is 6.49. The van der Waals surface area contributed by atoms with Gasteiger partial charge < -0.3 is 14.6 Å². The zero-order valence-electron chi connectivity index (χ0n) is 11.8. The molecule has 0 radical (unpaired) electrons. The second kappa shape index (κ2) is 7.62. The van der Waals surface area contributed by atoms with Crippen LogP contribution in [0.5, 0.6) is 0 Å². The standard InChI is InChI=1S/C13H14O4.C3H6/c1-2-5-9-11(12(14)15)8-6-3-4-7-10(8)17-13(9)16;1-3-2/h2-3,5-6,12,14-15H,4,7H2,1H3;3H,1H2,2H3/b5-2+;. The summed E-state index contributed by atoms with van der Waals surface area (Å²) in [5.41, 5.74) is 0.511. The van der Waals surface area contributed by atoms with Crippen LogP contribution in [0.4, 0.5) is 0 Å². The lowest BCUT2D eigenvalue weighted by Crippen LogP contribution is -2.16. The summed E-state index contributed by atoms with van der Waals surface area (Å²) in [5, 5.41) is 18.8. The van der Waals surface area contributed by atoms with Crippen LogP contribution in [0.3, 0.4) is 0 Å². The van der Waals surface area contributed by atoms with Gasteiger partial charge in [-0.2, -0.15) is 0 Å². The molecule has 4 heteroatoms. The van der Waals surface area contributed by atoms with Crippen molar-refractivity contribution in [1.29, 1.82) is 0 Å². The van der Waals surface area contributed by atoms with Gasteiger partial charge >= 0.3 is 5.63 Å². The number of aliphatic hydroxyl groups is 2. The molecule has 2 N–H and O–H groups in total. The fourth-order valence-corrected chi connectivity index (χ4v) is 2.01. The van der Waals surface area contributed by atoms with Crippen molar-refractivity contribution in [2.45, 2.75) is 33.0 Å². The second-order valence-electron chi connectivity index (χ2n) is 4.28. The minimum Gasteiger partial charge on any atom is -0.427 e. The van der Waals surface area contributed by atoms with Crippen molar-refractivity contribution in [3.63, 3.8) is 0 Å². The molecule has 2 rings (SSSR count). The summed E-state index contributed by atoms with van der Waals surface area (Å²) in [4.78, 5) is 11.7. The highest BCUT2D eigenvalue weighted by Gasteiger charge is 2.21. The molecule has 1 aliphatic carbocycles. The van der Waals surface area contributed by atoms with Crippen LogP contribution in [0.25, 0.3) is 12.2 Å². The van der Waals surface area contributed by atoms with Gasteiger partial charge in [0.1, 0.15) is 5.76 Å². The Balaban J connectivity index is 0.000000612. The largest absolute Gasteiger partial charge is 0.427 e. The zero-order valence-corrected chi connectivity index (χ0v) is 11.8. The number of fused-ring (bicyclic) bond motifs is 1. The topological polar surface area (TPSA) is 70.7 Å². The number of aliphatic hydroxyl groups excluding tert-OH is 1. The first-order valence-electron chi connectivity index (χ1n) is 6.49. The van der Waals surface area contributed by atoms with Crippen LogP contribution in [0.15, 0.2) is 34.0 Å². The van der Waals surface area contributed by atoms with E-state index in [1.807, 2.05) is 13.0 Å². The Bertz CT molecular complexity index is 577. The number of allylic oxidation sites excluding steroid dienone is 3. The molecule has 1 aromatic heterocycles. The van der Waals surface area contributed by atoms with E-state index in [9.17, 15) is 15.0 Å². The minimum absolute atomic E-state index is 0.202. The Morgan fingerprint density at radius 2 is 2.05 bits per heavy atom. The van der Waals surface area contributed by atoms with Gasteiger partial charge in [-0.3, -0.25) is 0 Å². The highest BCUT2D eigenvalue weighted by Crippen LogP contribution is 2.28. The first kappa shape index (κ1) is 16.1. The highest BCUT2D eigenvalue weighted by atomic mass is 16.5. The Kier molecular flexibility index (Phi) is 6.15. The van der Waals surface area contributed by atoms with Crippen molar-refractivity contribution in [3.05, 3.63) is 57.7 Å². The van der Waals surface area contributed by atoms with Crippen molar-refractivity contribution in [2.24, 2.45) is 0 Å². The van der Waals surface area contributed by atoms with Gasteiger partial charge in [-0.1, -0.05) is 30.4 Å². The normalized spacial score (nSPS) is 13.1. The van der Waals surface area contributed by atoms with Gasteiger partial charge in [0.25, 0.3) is 0 Å². The lowest BCUT2D eigenvalue weighted by molar-refractivity contribution is -0.0433. The molecule has 1 aliphatic rings. The highest BCUT2D eigenvalue weighted by molar-refractivity contribution is 5.65. The summed E-state index contributed by atoms with van der Waals surface area (Å²) >= 11 is 0. The first-order chi connectivity index (χ1) is 9.56. The number of rotatable bonds is 2. The summed E-state index contributed by atoms with van der Waals surface area (Å²) in [6, 6.07) is 0. The number of hydrogen-bond acceptors (Lipinski definition) is 4. The van der Waals surface area contributed by atoms with E-state index in [4.69, 9.17) is 4.42 Å². The Labute approximate surface area is 118 Å². The Morgan fingerprint density at radius 1 is 1.40 bits per heavy atom. The van der Waals surface area contributed by atoms with Crippen LogP contribution in [0, 0.1) is 0 Å². The van der Waals surface area contributed by atoms with Crippen molar-refractivity contribution >= 4 is 12.2 Å². The van der Waals surface area contributed by atoms with Crippen LogP contribution in [-0.4, -0.2) is 10.2 Å². The molecule has 0 unspecified atom stereocenters. The van der Waals surface area contributed by atoms with Crippen molar-refractivity contribution in [1.82, 2.24) is 0 Å². The average Bonchev–Trinajstić information content (AvgIpc) is 2.40. The average molecular weight is 276 g/mol. The summed E-state index contributed by atoms with van der Waals surface area (Å²) in [7, 11) is 0. The molecule has 0 bridgehead atoms. The summed E-state index contributed by atoms with van der Waals surface area (Å²) in [5.74, 6) is 0.522. The molecule has 0 aliphatic heterocycles. The lowest BCUT2D eigenvalue weighted by Gasteiger charge is -2.16. The molecule has 0 fully saturated rings. The molecular weight excluding hydrogens is 256 g/mol. The molecule has 0 saturated carbocycles. The molecule has 0 spiro atoms. The predicted octanol–water partition coefficient (Wildman–Crippen LogP) is 2.81. The molecule has 1 aromatic rings. The van der Waals surface area contributed by atoms with Crippen molar-refractivity contribution in [2.75, 3.05) is 0 Å². The minimum atomic E-state index is -1.68. The van der Waals surface area contributed by atoms with Gasteiger partial charge in [-0.05, 0) is 20.3 Å². The van der Waals surface area contributed by atoms with Gasteiger partial charge in [0, 0.05) is 17.5 Å². The van der Waals surface area contributed by atoms with Gasteiger partial charge in [0.15, 0.2) is 6.29 Å². The van der Waals surface area contributed by atoms with Gasteiger partial charge in [0.05, 0.1) is 5.56 Å². The maximum atomic E-state index is 11.7. The molecule has 0 atom stereocenters. The fourth-order valence-electron chi connectivity index (χ4n) is 2.01. The Morgan fingerprint density at radius 3 is 2.60 bits per heavy atom. The molecule has 0 aromatic carbocycles. The smallest absolute Gasteiger partial charge is 0.343 e. The SMILES string of the molecule is C/C=C/c1c(C(O)O)c2c(oc1=O)CCC=C2.C=CC. The number of aryl methyl sites for hydroxylation is 1. The fraction of sp³-hybridized carbons (Fsp3) is 0.312. The van der Waals surface area contributed by atoms with Crippen LogP contribution in [0.1, 0.15) is 49.0 Å². The van der Waals surface area contributed by atoms with Crippen LogP contribution >= 0.6 is 0 Å². The van der Waals surface area contributed by atoms with Gasteiger partial charge in [0.2, 0.25) is 0 Å². The van der Waals surface area contributed by atoms with E-state index in [1.54, 1.807) is 25.2 Å². The maximum absolute atomic E-state index is 11.7. The van der Waals surface area contributed by atoms with Crippen LogP contribution < -0.4 is 5.63 Å². The van der Waals surface area contributed by atoms with E-state index < -0.39 is 11.9 Å². The third-order valence-electron chi connectivity index (χ3n) is 2.73. The number of hydrogen-bond donors (Lipinski definition) is 2. The molecule has 1 heterocycles. The molecule has 4 nitrogen and oxygen atoms in total. The van der Waals surface area contributed by atoms with E-state index in [-0.39, 0.29) is 11.1 Å². The van der Waals surface area contributed by atoms with E-state index in [0.717, 1.165) is 6.42 Å². The quantitative estimate of drug-likeness (QED) is 0.643. The van der Waals surface area contributed by atoms with Crippen molar-refractivity contribution < 1.29 is 14.6 Å². The van der Waals surface area contributed by atoms with E-state index in [1.165, 1.54) is 6.08 Å². The molecule has 0 saturated heterocycles. The molecule has 108 valence electrons. The Hall–Kier alpha value is -1.91. The molecular formula is C16H20O4. The lowest BCUT2D eigenvalue weighted by atomic mass is 9.95. The summed E-state index contributed by atoms with van der Waals surface area (Å²) < 4.78 is 5.19. The zero-order chi connectivity index (χ0) is 15.1. The third-order valence-corrected chi connectivity index (χ3v) is 2.73. The van der Waals surface area contributed by atoms with E-state index in [0.29, 0.717) is 17.7 Å². The van der Waals surface area contributed by atoms with Gasteiger partial charge in [-0.15, -0.1) is 6.58 Å². The van der Waals surface area contributed by atoms with Crippen molar-refractivity contribution in [3.8, 4) is 0 Å². The van der Waals surface area contributed by atoms with Crippen LogP contribution in [0.2, 0.25) is 0 Å². The summed E-state index contributed by atoms with van der Waals surface area (Å²) in [6.07, 6.45) is 8.36. The maximum Gasteiger partial charge on any atom is 0.343 e. The van der Waals surface area contributed by atoms with E-state index >= 15 is 0 Å². The van der Waals surface area contributed by atoms with E-state index in [2.05, 4.69) is 6.58 Å². The summed E-state index contributed by atoms with van der Waals surface area (Å²) in [6.45, 7) is 7.00.